The molecule has 0 fully saturated rings. The molecule has 0 radical (unpaired) electrons. The van der Waals surface area contributed by atoms with Gasteiger partial charge in [0.2, 0.25) is 0 Å². The van der Waals surface area contributed by atoms with Gasteiger partial charge in [-0.25, -0.2) is 0 Å². The highest BCUT2D eigenvalue weighted by Crippen LogP contribution is 2.32. The number of ether oxygens (including phenoxy) is 1. The standard InChI is InChI=1S/C10H12Br3NO2S/c1-14(4-6(11)5-16-2)10(15)8-3-7(12)9(13)17-8/h3,6H,4-5H2,1-2H3. The zero-order chi connectivity index (χ0) is 13.0. The average Bonchev–Trinajstić information content (AvgIpc) is 2.58. The van der Waals surface area contributed by atoms with Crippen LogP contribution >= 0.6 is 59.1 Å². The second-order valence-corrected chi connectivity index (χ2v) is 7.99. The molecular weight excluding hydrogens is 438 g/mol. The van der Waals surface area contributed by atoms with E-state index in [0.717, 1.165) is 8.26 Å². The summed E-state index contributed by atoms with van der Waals surface area (Å²) >= 11 is 11.6. The number of thiophene rings is 1. The van der Waals surface area contributed by atoms with Gasteiger partial charge in [0.15, 0.2) is 0 Å². The molecule has 3 nitrogen and oxygen atoms in total. The minimum atomic E-state index is 0.0157. The Morgan fingerprint density at radius 3 is 2.71 bits per heavy atom. The number of carbonyl (C=O) groups excluding carboxylic acids is 1. The number of nitrogens with zero attached hydrogens (tertiary/aromatic N) is 1. The lowest BCUT2D eigenvalue weighted by atomic mass is 10.3. The van der Waals surface area contributed by atoms with Crippen molar-refractivity contribution < 1.29 is 9.53 Å². The summed E-state index contributed by atoms with van der Waals surface area (Å²) in [6.45, 7) is 1.19. The van der Waals surface area contributed by atoms with Crippen molar-refractivity contribution in [3.05, 3.63) is 19.2 Å². The number of rotatable bonds is 5. The van der Waals surface area contributed by atoms with Crippen LogP contribution in [0.25, 0.3) is 0 Å². The van der Waals surface area contributed by atoms with E-state index in [0.29, 0.717) is 18.0 Å². The van der Waals surface area contributed by atoms with Crippen molar-refractivity contribution >= 4 is 65.0 Å². The minimum Gasteiger partial charge on any atom is -0.383 e. The Kier molecular flexibility index (Phi) is 6.65. The first kappa shape index (κ1) is 15.6. The van der Waals surface area contributed by atoms with Gasteiger partial charge in [0.05, 0.1) is 20.1 Å². The number of carbonyl (C=O) groups is 1. The fourth-order valence-electron chi connectivity index (χ4n) is 1.25. The van der Waals surface area contributed by atoms with Gasteiger partial charge < -0.3 is 9.64 Å². The van der Waals surface area contributed by atoms with Gasteiger partial charge in [-0.1, -0.05) is 15.9 Å². The summed E-state index contributed by atoms with van der Waals surface area (Å²) in [4.78, 5) is 14.6. The Morgan fingerprint density at radius 1 is 1.59 bits per heavy atom. The molecule has 96 valence electrons. The van der Waals surface area contributed by atoms with Crippen LogP contribution in [0.3, 0.4) is 0 Å². The second-order valence-electron chi connectivity index (χ2n) is 3.47. The summed E-state index contributed by atoms with van der Waals surface area (Å²) in [7, 11) is 3.43. The van der Waals surface area contributed by atoms with Crippen LogP contribution in [0.15, 0.2) is 14.3 Å². The van der Waals surface area contributed by atoms with Crippen molar-refractivity contribution in [1.29, 1.82) is 0 Å². The molecule has 0 aliphatic heterocycles. The number of methoxy groups -OCH3 is 1. The van der Waals surface area contributed by atoms with Crippen LogP contribution in [0.4, 0.5) is 0 Å². The van der Waals surface area contributed by atoms with Crippen LogP contribution in [-0.2, 0) is 4.74 Å². The molecule has 1 amide bonds. The third kappa shape index (κ3) is 4.63. The zero-order valence-electron chi connectivity index (χ0n) is 9.37. The predicted octanol–water partition coefficient (Wildman–Crippen LogP) is 3.76. The smallest absolute Gasteiger partial charge is 0.263 e. The van der Waals surface area contributed by atoms with Gasteiger partial charge in [0.25, 0.3) is 5.91 Å². The summed E-state index contributed by atoms with van der Waals surface area (Å²) < 4.78 is 6.86. The molecule has 17 heavy (non-hydrogen) atoms. The Hall–Kier alpha value is 0.570. The molecular formula is C10H12Br3NO2S. The first-order valence-electron chi connectivity index (χ1n) is 4.79. The number of alkyl halides is 1. The fraction of sp³-hybridized carbons (Fsp3) is 0.500. The molecule has 0 aromatic carbocycles. The summed E-state index contributed by atoms with van der Waals surface area (Å²) in [5.74, 6) is 0.0157. The Labute approximate surface area is 130 Å². The van der Waals surface area contributed by atoms with Crippen molar-refractivity contribution in [1.82, 2.24) is 4.90 Å². The van der Waals surface area contributed by atoms with E-state index in [4.69, 9.17) is 4.74 Å². The SMILES string of the molecule is COCC(Br)CN(C)C(=O)c1cc(Br)c(Br)s1. The van der Waals surface area contributed by atoms with E-state index in [1.807, 2.05) is 6.07 Å². The third-order valence-electron chi connectivity index (χ3n) is 2.02. The lowest BCUT2D eigenvalue weighted by Gasteiger charge is -2.19. The molecule has 0 saturated carbocycles. The van der Waals surface area contributed by atoms with Crippen LogP contribution < -0.4 is 0 Å². The first-order valence-corrected chi connectivity index (χ1v) is 8.10. The van der Waals surface area contributed by atoms with Crippen LogP contribution in [0.5, 0.6) is 0 Å². The van der Waals surface area contributed by atoms with E-state index in [2.05, 4.69) is 47.8 Å². The molecule has 0 aliphatic rings. The average molecular weight is 450 g/mol. The molecule has 1 aromatic rings. The molecule has 0 spiro atoms. The van der Waals surface area contributed by atoms with Crippen LogP contribution in [0.2, 0.25) is 0 Å². The molecule has 1 atom stereocenters. The predicted molar refractivity (Wildman–Crippen MR) is 81.3 cm³/mol. The van der Waals surface area contributed by atoms with Crippen LogP contribution in [-0.4, -0.2) is 42.9 Å². The lowest BCUT2D eigenvalue weighted by Crippen LogP contribution is -2.33. The molecule has 0 aliphatic carbocycles. The van der Waals surface area contributed by atoms with Gasteiger partial charge >= 0.3 is 0 Å². The maximum Gasteiger partial charge on any atom is 0.263 e. The number of halogens is 3. The highest BCUT2D eigenvalue weighted by atomic mass is 79.9. The van der Waals surface area contributed by atoms with Gasteiger partial charge in [-0.3, -0.25) is 4.79 Å². The maximum absolute atomic E-state index is 12.1. The molecule has 0 N–H and O–H groups in total. The Morgan fingerprint density at radius 2 is 2.24 bits per heavy atom. The van der Waals surface area contributed by atoms with E-state index < -0.39 is 0 Å². The molecule has 1 rings (SSSR count). The molecule has 1 unspecified atom stereocenters. The molecule has 0 bridgehead atoms. The lowest BCUT2D eigenvalue weighted by molar-refractivity contribution is 0.0789. The summed E-state index contributed by atoms with van der Waals surface area (Å²) in [5, 5.41) is 0. The summed E-state index contributed by atoms with van der Waals surface area (Å²) in [6, 6.07) is 1.83. The van der Waals surface area contributed by atoms with Gasteiger partial charge in [0, 0.05) is 25.2 Å². The van der Waals surface area contributed by atoms with Gasteiger partial charge in [-0.15, -0.1) is 11.3 Å². The summed E-state index contributed by atoms with van der Waals surface area (Å²) in [6.07, 6.45) is 0. The molecule has 1 heterocycles. The van der Waals surface area contributed by atoms with Crippen molar-refractivity contribution in [2.24, 2.45) is 0 Å². The highest BCUT2D eigenvalue weighted by Gasteiger charge is 2.18. The monoisotopic (exact) mass is 447 g/mol. The molecule has 1 aromatic heterocycles. The van der Waals surface area contributed by atoms with E-state index in [-0.39, 0.29) is 10.7 Å². The first-order chi connectivity index (χ1) is 7.95. The molecule has 7 heteroatoms. The van der Waals surface area contributed by atoms with Gasteiger partial charge in [-0.2, -0.15) is 0 Å². The normalized spacial score (nSPS) is 12.5. The molecule has 0 saturated heterocycles. The zero-order valence-corrected chi connectivity index (χ0v) is 14.9. The van der Waals surface area contributed by atoms with Crippen LogP contribution in [0.1, 0.15) is 9.67 Å². The number of hydrogen-bond donors (Lipinski definition) is 0. The largest absolute Gasteiger partial charge is 0.383 e. The third-order valence-corrected chi connectivity index (χ3v) is 5.82. The van der Waals surface area contributed by atoms with Crippen molar-refractivity contribution in [2.45, 2.75) is 4.83 Å². The van der Waals surface area contributed by atoms with E-state index in [1.54, 1.807) is 19.1 Å². The second kappa shape index (κ2) is 7.23. The minimum absolute atomic E-state index is 0.0157. The van der Waals surface area contributed by atoms with Crippen LogP contribution in [0, 0.1) is 0 Å². The van der Waals surface area contributed by atoms with Crippen molar-refractivity contribution in [3.8, 4) is 0 Å². The number of amides is 1. The highest BCUT2D eigenvalue weighted by molar-refractivity contribution is 9.13. The number of hydrogen-bond acceptors (Lipinski definition) is 3. The van der Waals surface area contributed by atoms with Crippen molar-refractivity contribution in [3.63, 3.8) is 0 Å². The topological polar surface area (TPSA) is 29.5 Å². The van der Waals surface area contributed by atoms with E-state index in [1.165, 1.54) is 11.3 Å². The van der Waals surface area contributed by atoms with Gasteiger partial charge in [-0.05, 0) is 37.9 Å². The van der Waals surface area contributed by atoms with Gasteiger partial charge in [0.1, 0.15) is 0 Å². The van der Waals surface area contributed by atoms with Crippen molar-refractivity contribution in [2.75, 3.05) is 27.3 Å². The Balaban J connectivity index is 2.63. The van der Waals surface area contributed by atoms with E-state index in [9.17, 15) is 4.79 Å². The quantitative estimate of drug-likeness (QED) is 0.641. The summed E-state index contributed by atoms with van der Waals surface area (Å²) in [5.41, 5.74) is 0. The fourth-order valence-corrected chi connectivity index (χ4v) is 3.98. The maximum atomic E-state index is 12.1. The Bertz CT molecular complexity index is 377. The van der Waals surface area contributed by atoms with E-state index >= 15 is 0 Å².